The number of phenols is 1. The summed E-state index contributed by atoms with van der Waals surface area (Å²) in [6.07, 6.45) is 1.68. The second kappa shape index (κ2) is 6.92. The average Bonchev–Trinajstić information content (AvgIpc) is 2.30. The number of hydrogen-bond donors (Lipinski definition) is 3. The Morgan fingerprint density at radius 1 is 1.16 bits per heavy atom. The standard InChI is InChI=1S/C16H27NO2/c1-12(11-13-5-7-14(19)8-6-13)17-15(9-10-18)16(2,3)4/h5-8,12,15,17-19H,9-11H2,1-4H3. The van der Waals surface area contributed by atoms with Crippen molar-refractivity contribution in [1.82, 2.24) is 5.32 Å². The number of aliphatic hydroxyl groups excluding tert-OH is 1. The van der Waals surface area contributed by atoms with Crippen LogP contribution in [0.3, 0.4) is 0 Å². The molecule has 19 heavy (non-hydrogen) atoms. The van der Waals surface area contributed by atoms with Crippen molar-refractivity contribution >= 4 is 0 Å². The highest BCUT2D eigenvalue weighted by molar-refractivity contribution is 5.26. The third kappa shape index (κ3) is 5.62. The van der Waals surface area contributed by atoms with Crippen LogP contribution in [0.1, 0.15) is 39.7 Å². The molecule has 0 heterocycles. The number of phenolic OH excluding ortho intramolecular Hbond substituents is 1. The Labute approximate surface area is 116 Å². The fourth-order valence-corrected chi connectivity index (χ4v) is 2.28. The maximum Gasteiger partial charge on any atom is 0.115 e. The molecular formula is C16H27NO2. The average molecular weight is 265 g/mol. The molecule has 0 aromatic heterocycles. The van der Waals surface area contributed by atoms with Gasteiger partial charge in [0.25, 0.3) is 0 Å². The molecule has 3 heteroatoms. The van der Waals surface area contributed by atoms with Crippen molar-refractivity contribution in [2.24, 2.45) is 5.41 Å². The zero-order valence-corrected chi connectivity index (χ0v) is 12.5. The third-order valence-electron chi connectivity index (χ3n) is 3.43. The van der Waals surface area contributed by atoms with Crippen LogP contribution in [0, 0.1) is 5.41 Å². The lowest BCUT2D eigenvalue weighted by Crippen LogP contribution is -2.46. The van der Waals surface area contributed by atoms with Gasteiger partial charge < -0.3 is 15.5 Å². The first-order valence-electron chi connectivity index (χ1n) is 6.97. The smallest absolute Gasteiger partial charge is 0.115 e. The Kier molecular flexibility index (Phi) is 5.83. The van der Waals surface area contributed by atoms with Crippen LogP contribution in [0.15, 0.2) is 24.3 Å². The van der Waals surface area contributed by atoms with Gasteiger partial charge in [0.05, 0.1) is 0 Å². The predicted molar refractivity (Wildman–Crippen MR) is 79.4 cm³/mol. The Balaban J connectivity index is 2.57. The van der Waals surface area contributed by atoms with E-state index < -0.39 is 0 Å². The molecule has 108 valence electrons. The topological polar surface area (TPSA) is 52.5 Å². The Bertz CT molecular complexity index is 367. The van der Waals surface area contributed by atoms with Crippen LogP contribution in [-0.4, -0.2) is 28.9 Å². The molecule has 3 nitrogen and oxygen atoms in total. The van der Waals surface area contributed by atoms with Crippen molar-refractivity contribution in [3.8, 4) is 5.75 Å². The minimum Gasteiger partial charge on any atom is -0.508 e. The molecule has 0 bridgehead atoms. The van der Waals surface area contributed by atoms with Gasteiger partial charge in [-0.3, -0.25) is 0 Å². The van der Waals surface area contributed by atoms with Gasteiger partial charge >= 0.3 is 0 Å². The molecule has 2 unspecified atom stereocenters. The summed E-state index contributed by atoms with van der Waals surface area (Å²) in [7, 11) is 0. The monoisotopic (exact) mass is 265 g/mol. The molecule has 1 aromatic carbocycles. The normalized spacial score (nSPS) is 15.2. The molecule has 2 atom stereocenters. The molecule has 0 aliphatic rings. The van der Waals surface area contributed by atoms with Crippen LogP contribution in [-0.2, 0) is 6.42 Å². The maximum absolute atomic E-state index is 9.27. The zero-order chi connectivity index (χ0) is 14.5. The summed E-state index contributed by atoms with van der Waals surface area (Å²) >= 11 is 0. The van der Waals surface area contributed by atoms with E-state index in [2.05, 4.69) is 33.0 Å². The molecule has 1 aromatic rings. The summed E-state index contributed by atoms with van der Waals surface area (Å²) in [5, 5.41) is 22.0. The second-order valence-electron chi connectivity index (χ2n) is 6.37. The van der Waals surface area contributed by atoms with E-state index in [0.29, 0.717) is 17.8 Å². The lowest BCUT2D eigenvalue weighted by atomic mass is 9.84. The van der Waals surface area contributed by atoms with Gasteiger partial charge in [-0.15, -0.1) is 0 Å². The number of hydrogen-bond acceptors (Lipinski definition) is 3. The highest BCUT2D eigenvalue weighted by Crippen LogP contribution is 2.22. The Morgan fingerprint density at radius 3 is 2.21 bits per heavy atom. The van der Waals surface area contributed by atoms with Crippen LogP contribution in [0.5, 0.6) is 5.75 Å². The number of aliphatic hydroxyl groups is 1. The first kappa shape index (κ1) is 16.0. The summed E-state index contributed by atoms with van der Waals surface area (Å²) < 4.78 is 0. The van der Waals surface area contributed by atoms with Crippen molar-refractivity contribution in [2.45, 2.75) is 52.6 Å². The number of rotatable bonds is 6. The lowest BCUT2D eigenvalue weighted by Gasteiger charge is -2.34. The summed E-state index contributed by atoms with van der Waals surface area (Å²) in [4.78, 5) is 0. The molecule has 0 radical (unpaired) electrons. The molecule has 0 aliphatic carbocycles. The molecule has 0 saturated carbocycles. The fourth-order valence-electron chi connectivity index (χ4n) is 2.28. The lowest BCUT2D eigenvalue weighted by molar-refractivity contribution is 0.187. The van der Waals surface area contributed by atoms with Crippen molar-refractivity contribution in [1.29, 1.82) is 0 Å². The minimum atomic E-state index is 0.131. The SMILES string of the molecule is CC(Cc1ccc(O)cc1)NC(CCO)C(C)(C)C. The summed E-state index contributed by atoms with van der Waals surface area (Å²) in [5.74, 6) is 0.303. The number of nitrogens with one attached hydrogen (secondary N) is 1. The summed E-state index contributed by atoms with van der Waals surface area (Å²) in [6.45, 7) is 8.93. The van der Waals surface area contributed by atoms with Gasteiger partial charge in [0, 0.05) is 18.7 Å². The van der Waals surface area contributed by atoms with Crippen LogP contribution < -0.4 is 5.32 Å². The van der Waals surface area contributed by atoms with Crippen LogP contribution >= 0.6 is 0 Å². The van der Waals surface area contributed by atoms with Gasteiger partial charge in [-0.2, -0.15) is 0 Å². The van der Waals surface area contributed by atoms with Gasteiger partial charge in [0.2, 0.25) is 0 Å². The van der Waals surface area contributed by atoms with E-state index in [4.69, 9.17) is 5.11 Å². The van der Waals surface area contributed by atoms with Crippen molar-refractivity contribution in [3.05, 3.63) is 29.8 Å². The Morgan fingerprint density at radius 2 is 1.74 bits per heavy atom. The molecule has 3 N–H and O–H groups in total. The van der Waals surface area contributed by atoms with E-state index in [9.17, 15) is 5.11 Å². The van der Waals surface area contributed by atoms with Crippen molar-refractivity contribution in [2.75, 3.05) is 6.61 Å². The van der Waals surface area contributed by atoms with Crippen LogP contribution in [0.2, 0.25) is 0 Å². The largest absolute Gasteiger partial charge is 0.508 e. The first-order valence-corrected chi connectivity index (χ1v) is 6.97. The molecule has 0 saturated heterocycles. The number of aromatic hydroxyl groups is 1. The van der Waals surface area contributed by atoms with E-state index in [1.165, 1.54) is 5.56 Å². The highest BCUT2D eigenvalue weighted by atomic mass is 16.3. The van der Waals surface area contributed by atoms with Crippen LogP contribution in [0.25, 0.3) is 0 Å². The first-order chi connectivity index (χ1) is 8.82. The van der Waals surface area contributed by atoms with Crippen molar-refractivity contribution in [3.63, 3.8) is 0 Å². The van der Waals surface area contributed by atoms with Crippen LogP contribution in [0.4, 0.5) is 0 Å². The zero-order valence-electron chi connectivity index (χ0n) is 12.5. The quantitative estimate of drug-likeness (QED) is 0.741. The summed E-state index contributed by atoms with van der Waals surface area (Å²) in [5.41, 5.74) is 1.33. The third-order valence-corrected chi connectivity index (χ3v) is 3.43. The molecule has 0 spiro atoms. The molecule has 1 rings (SSSR count). The molecular weight excluding hydrogens is 238 g/mol. The van der Waals surface area contributed by atoms with E-state index >= 15 is 0 Å². The van der Waals surface area contributed by atoms with E-state index in [1.807, 2.05) is 12.1 Å². The Hall–Kier alpha value is -1.06. The van der Waals surface area contributed by atoms with Gasteiger partial charge in [0.15, 0.2) is 0 Å². The van der Waals surface area contributed by atoms with Gasteiger partial charge in [-0.1, -0.05) is 32.9 Å². The number of benzene rings is 1. The minimum absolute atomic E-state index is 0.131. The van der Waals surface area contributed by atoms with E-state index in [-0.39, 0.29) is 12.0 Å². The molecule has 0 aliphatic heterocycles. The predicted octanol–water partition coefficient (Wildman–Crippen LogP) is 2.71. The van der Waals surface area contributed by atoms with Gasteiger partial charge in [-0.25, -0.2) is 0 Å². The summed E-state index contributed by atoms with van der Waals surface area (Å²) in [6, 6.07) is 7.97. The maximum atomic E-state index is 9.27. The van der Waals surface area contributed by atoms with E-state index in [1.54, 1.807) is 12.1 Å². The van der Waals surface area contributed by atoms with Gasteiger partial charge in [-0.05, 0) is 42.9 Å². The van der Waals surface area contributed by atoms with Crippen molar-refractivity contribution < 1.29 is 10.2 Å². The molecule has 0 fully saturated rings. The fraction of sp³-hybridized carbons (Fsp3) is 0.625. The van der Waals surface area contributed by atoms with E-state index in [0.717, 1.165) is 12.8 Å². The molecule has 0 amide bonds. The van der Waals surface area contributed by atoms with Gasteiger partial charge in [0.1, 0.15) is 5.75 Å². The highest BCUT2D eigenvalue weighted by Gasteiger charge is 2.25. The second-order valence-corrected chi connectivity index (χ2v) is 6.37.